The minimum absolute atomic E-state index is 0.204. The van der Waals surface area contributed by atoms with Crippen molar-refractivity contribution in [3.8, 4) is 11.6 Å². The molecular weight excluding hydrogens is 248 g/mol. The molecule has 1 aromatic rings. The van der Waals surface area contributed by atoms with E-state index in [4.69, 9.17) is 15.2 Å². The summed E-state index contributed by atoms with van der Waals surface area (Å²) in [5.74, 6) is 0.888. The lowest BCUT2D eigenvalue weighted by Gasteiger charge is -2.13. The summed E-state index contributed by atoms with van der Waals surface area (Å²) in [5.41, 5.74) is 7.12. The summed E-state index contributed by atoms with van der Waals surface area (Å²) in [6, 6.07) is 0. The molecule has 2 N–H and O–H groups in total. The highest BCUT2D eigenvalue weighted by Crippen LogP contribution is 2.33. The summed E-state index contributed by atoms with van der Waals surface area (Å²) in [7, 11) is 4.50. The van der Waals surface area contributed by atoms with Crippen molar-refractivity contribution in [3.05, 3.63) is 11.8 Å². The van der Waals surface area contributed by atoms with Gasteiger partial charge in [0.05, 0.1) is 38.8 Å². The van der Waals surface area contributed by atoms with Gasteiger partial charge in [0, 0.05) is 6.42 Å². The van der Waals surface area contributed by atoms with E-state index in [2.05, 4.69) is 9.72 Å². The fraction of sp³-hybridized carbons (Fsp3) is 0.538. The van der Waals surface area contributed by atoms with Gasteiger partial charge in [-0.3, -0.25) is 4.79 Å². The van der Waals surface area contributed by atoms with E-state index in [0.717, 1.165) is 18.4 Å². The summed E-state index contributed by atoms with van der Waals surface area (Å²) in [4.78, 5) is 15.1. The fourth-order valence-corrected chi connectivity index (χ4v) is 1.85. The summed E-state index contributed by atoms with van der Waals surface area (Å²) in [5, 5.41) is 0. The third-order valence-electron chi connectivity index (χ3n) is 2.80. The molecule has 0 amide bonds. The van der Waals surface area contributed by atoms with Crippen molar-refractivity contribution in [2.24, 2.45) is 0 Å². The third kappa shape index (κ3) is 4.01. The molecule has 0 aromatic carbocycles. The molecule has 106 valence electrons. The van der Waals surface area contributed by atoms with Crippen LogP contribution >= 0.6 is 0 Å². The SMILES string of the molecule is COC(=O)CCCCc1c(OC)ncc(N)c1OC. The van der Waals surface area contributed by atoms with Crippen molar-refractivity contribution in [2.75, 3.05) is 27.1 Å². The first-order valence-corrected chi connectivity index (χ1v) is 6.06. The van der Waals surface area contributed by atoms with E-state index in [0.29, 0.717) is 30.2 Å². The largest absolute Gasteiger partial charge is 0.494 e. The number of methoxy groups -OCH3 is 3. The molecule has 0 saturated heterocycles. The maximum atomic E-state index is 11.0. The number of carbonyl (C=O) groups is 1. The highest BCUT2D eigenvalue weighted by atomic mass is 16.5. The molecule has 1 aromatic heterocycles. The van der Waals surface area contributed by atoms with Crippen LogP contribution in [0.25, 0.3) is 0 Å². The number of hydrogen-bond donors (Lipinski definition) is 1. The fourth-order valence-electron chi connectivity index (χ4n) is 1.85. The Bertz CT molecular complexity index is 435. The molecule has 1 rings (SSSR count). The van der Waals surface area contributed by atoms with Gasteiger partial charge in [0.2, 0.25) is 5.88 Å². The van der Waals surface area contributed by atoms with Gasteiger partial charge in [-0.05, 0) is 19.3 Å². The number of carbonyl (C=O) groups excluding carboxylic acids is 1. The number of rotatable bonds is 7. The number of esters is 1. The molecule has 0 aliphatic heterocycles. The second kappa shape index (κ2) is 7.45. The molecule has 6 heteroatoms. The molecule has 0 aliphatic rings. The molecule has 0 atom stereocenters. The predicted molar refractivity (Wildman–Crippen MR) is 71.3 cm³/mol. The van der Waals surface area contributed by atoms with E-state index < -0.39 is 0 Å². The first-order valence-electron chi connectivity index (χ1n) is 6.06. The van der Waals surface area contributed by atoms with E-state index >= 15 is 0 Å². The van der Waals surface area contributed by atoms with Gasteiger partial charge in [-0.1, -0.05) is 0 Å². The maximum absolute atomic E-state index is 11.0. The van der Waals surface area contributed by atoms with Gasteiger partial charge in [-0.25, -0.2) is 4.98 Å². The lowest BCUT2D eigenvalue weighted by molar-refractivity contribution is -0.140. The number of ether oxygens (including phenoxy) is 3. The molecule has 1 heterocycles. The van der Waals surface area contributed by atoms with Crippen LogP contribution < -0.4 is 15.2 Å². The number of pyridine rings is 1. The van der Waals surface area contributed by atoms with Crippen LogP contribution in [0.5, 0.6) is 11.6 Å². The van der Waals surface area contributed by atoms with Gasteiger partial charge in [0.25, 0.3) is 0 Å². The van der Waals surface area contributed by atoms with E-state index in [1.54, 1.807) is 14.2 Å². The lowest BCUT2D eigenvalue weighted by Crippen LogP contribution is -2.04. The third-order valence-corrected chi connectivity index (χ3v) is 2.80. The Morgan fingerprint density at radius 2 is 2.00 bits per heavy atom. The molecule has 0 aliphatic carbocycles. The average Bonchev–Trinajstić information content (AvgIpc) is 2.43. The average molecular weight is 268 g/mol. The van der Waals surface area contributed by atoms with Gasteiger partial charge < -0.3 is 19.9 Å². The first-order chi connectivity index (χ1) is 9.13. The summed E-state index contributed by atoms with van der Waals surface area (Å²) < 4.78 is 15.1. The second-order valence-electron chi connectivity index (χ2n) is 4.02. The molecule has 0 saturated carbocycles. The van der Waals surface area contributed by atoms with Gasteiger partial charge >= 0.3 is 5.97 Å². The van der Waals surface area contributed by atoms with Crippen LogP contribution in [0.1, 0.15) is 24.8 Å². The molecular formula is C13H20N2O4. The maximum Gasteiger partial charge on any atom is 0.305 e. The standard InChI is InChI=1S/C13H20N2O4/c1-17-11(16)7-5-4-6-9-12(18-2)10(14)8-15-13(9)19-3/h8H,4-7,14H2,1-3H3. The minimum atomic E-state index is -0.204. The highest BCUT2D eigenvalue weighted by Gasteiger charge is 2.14. The van der Waals surface area contributed by atoms with Crippen molar-refractivity contribution in [1.29, 1.82) is 0 Å². The summed E-state index contributed by atoms with van der Waals surface area (Å²) in [6.45, 7) is 0. The zero-order valence-electron chi connectivity index (χ0n) is 11.6. The zero-order chi connectivity index (χ0) is 14.3. The molecule has 0 unspecified atom stereocenters. The van der Waals surface area contributed by atoms with Gasteiger partial charge in [-0.2, -0.15) is 0 Å². The van der Waals surface area contributed by atoms with Gasteiger partial charge in [-0.15, -0.1) is 0 Å². The topological polar surface area (TPSA) is 83.7 Å². The molecule has 0 fully saturated rings. The summed E-state index contributed by atoms with van der Waals surface area (Å²) >= 11 is 0. The number of anilines is 1. The molecule has 0 bridgehead atoms. The van der Waals surface area contributed by atoms with Crippen molar-refractivity contribution >= 4 is 11.7 Å². The number of nitrogens with zero attached hydrogens (tertiary/aromatic N) is 1. The van der Waals surface area contributed by atoms with Crippen LogP contribution in [-0.2, 0) is 16.0 Å². The van der Waals surface area contributed by atoms with E-state index in [-0.39, 0.29) is 5.97 Å². The van der Waals surface area contributed by atoms with Crippen LogP contribution in [0.3, 0.4) is 0 Å². The van der Waals surface area contributed by atoms with Crippen molar-refractivity contribution < 1.29 is 19.0 Å². The molecule has 6 nitrogen and oxygen atoms in total. The van der Waals surface area contributed by atoms with Crippen molar-refractivity contribution in [2.45, 2.75) is 25.7 Å². The van der Waals surface area contributed by atoms with E-state index in [1.165, 1.54) is 13.3 Å². The zero-order valence-corrected chi connectivity index (χ0v) is 11.6. The van der Waals surface area contributed by atoms with Crippen molar-refractivity contribution in [3.63, 3.8) is 0 Å². The Morgan fingerprint density at radius 3 is 2.58 bits per heavy atom. The van der Waals surface area contributed by atoms with Gasteiger partial charge in [0.1, 0.15) is 0 Å². The van der Waals surface area contributed by atoms with Crippen molar-refractivity contribution in [1.82, 2.24) is 4.98 Å². The Hall–Kier alpha value is -1.98. The smallest absolute Gasteiger partial charge is 0.305 e. The predicted octanol–water partition coefficient (Wildman–Crippen LogP) is 1.57. The normalized spacial score (nSPS) is 10.1. The number of aromatic nitrogens is 1. The Kier molecular flexibility index (Phi) is 5.92. The quantitative estimate of drug-likeness (QED) is 0.597. The van der Waals surface area contributed by atoms with E-state index in [9.17, 15) is 4.79 Å². The highest BCUT2D eigenvalue weighted by molar-refractivity contribution is 5.69. The first kappa shape index (κ1) is 15.1. The number of hydrogen-bond acceptors (Lipinski definition) is 6. The number of nitrogens with two attached hydrogens (primary N) is 1. The monoisotopic (exact) mass is 268 g/mol. The van der Waals surface area contributed by atoms with E-state index in [1.807, 2.05) is 0 Å². The van der Waals surface area contributed by atoms with Crippen LogP contribution in [0.4, 0.5) is 5.69 Å². The van der Waals surface area contributed by atoms with Crippen LogP contribution in [0.2, 0.25) is 0 Å². The van der Waals surface area contributed by atoms with Crippen LogP contribution in [-0.4, -0.2) is 32.3 Å². The Balaban J connectivity index is 2.70. The minimum Gasteiger partial charge on any atom is -0.494 e. The molecule has 19 heavy (non-hydrogen) atoms. The Labute approximate surface area is 112 Å². The number of unbranched alkanes of at least 4 members (excludes halogenated alkanes) is 1. The Morgan fingerprint density at radius 1 is 1.26 bits per heavy atom. The lowest BCUT2D eigenvalue weighted by atomic mass is 10.1. The summed E-state index contributed by atoms with van der Waals surface area (Å²) in [6.07, 6.45) is 4.12. The van der Waals surface area contributed by atoms with Gasteiger partial charge in [0.15, 0.2) is 5.75 Å². The second-order valence-corrected chi connectivity index (χ2v) is 4.02. The van der Waals surface area contributed by atoms with Crippen LogP contribution in [0.15, 0.2) is 6.20 Å². The van der Waals surface area contributed by atoms with Crippen LogP contribution in [0, 0.1) is 0 Å². The molecule has 0 radical (unpaired) electrons. The number of nitrogen functional groups attached to an aromatic ring is 1. The molecule has 0 spiro atoms.